The molecule has 0 aliphatic rings. The largest absolute Gasteiger partial charge is 0.490 e. The summed E-state index contributed by atoms with van der Waals surface area (Å²) in [5.41, 5.74) is 0. The van der Waals surface area contributed by atoms with Crippen LogP contribution in [0, 0.1) is 5.92 Å². The first-order valence-electron chi connectivity index (χ1n) is 9.91. The summed E-state index contributed by atoms with van der Waals surface area (Å²) in [5.74, 6) is 0.577. The van der Waals surface area contributed by atoms with Crippen LogP contribution in [0.5, 0.6) is 11.5 Å². The number of esters is 1. The first-order valence-corrected chi connectivity index (χ1v) is 12.7. The predicted octanol–water partition coefficient (Wildman–Crippen LogP) is 5.80. The maximum atomic E-state index is 13.0. The molecule has 0 saturated heterocycles. The van der Waals surface area contributed by atoms with Crippen molar-refractivity contribution < 1.29 is 27.4 Å². The fourth-order valence-corrected chi connectivity index (χ4v) is 4.75. The topological polar surface area (TPSA) is 78.9 Å². The van der Waals surface area contributed by atoms with E-state index >= 15 is 0 Å². The van der Waals surface area contributed by atoms with Gasteiger partial charge in [-0.25, -0.2) is 8.42 Å². The molecule has 0 unspecified atom stereocenters. The Labute approximate surface area is 203 Å². The van der Waals surface area contributed by atoms with E-state index in [-0.39, 0.29) is 38.1 Å². The second-order valence-electron chi connectivity index (χ2n) is 7.21. The summed E-state index contributed by atoms with van der Waals surface area (Å²) in [7, 11) is -3.88. The maximum absolute atomic E-state index is 13.0. The molecule has 0 heterocycles. The van der Waals surface area contributed by atoms with Crippen molar-refractivity contribution in [2.24, 2.45) is 5.92 Å². The third-order valence-electron chi connectivity index (χ3n) is 4.57. The Bertz CT molecular complexity index is 1000. The van der Waals surface area contributed by atoms with Crippen LogP contribution in [0.2, 0.25) is 10.0 Å². The molecule has 2 atom stereocenters. The number of carbonyl (C=O) groups is 1. The van der Waals surface area contributed by atoms with Gasteiger partial charge < -0.3 is 14.2 Å². The van der Waals surface area contributed by atoms with Crippen LogP contribution in [0.25, 0.3) is 0 Å². The summed E-state index contributed by atoms with van der Waals surface area (Å²) >= 11 is 18.3. The number of benzene rings is 2. The number of ether oxygens (including phenoxy) is 3. The number of carbonyl (C=O) groups excluding carboxylic acids is 1. The van der Waals surface area contributed by atoms with Gasteiger partial charge in [0.25, 0.3) is 0 Å². The highest BCUT2D eigenvalue weighted by molar-refractivity contribution is 7.91. The van der Waals surface area contributed by atoms with E-state index < -0.39 is 21.9 Å². The Kier molecular flexibility index (Phi) is 9.95. The average Bonchev–Trinajstić information content (AvgIpc) is 2.75. The smallest absolute Gasteiger partial charge is 0.303 e. The van der Waals surface area contributed by atoms with Crippen LogP contribution >= 0.6 is 34.8 Å². The van der Waals surface area contributed by atoms with Gasteiger partial charge in [0.2, 0.25) is 9.84 Å². The molecule has 0 fully saturated rings. The van der Waals surface area contributed by atoms with E-state index in [0.717, 1.165) is 6.42 Å². The molecule has 10 heteroatoms. The first-order chi connectivity index (χ1) is 15.1. The van der Waals surface area contributed by atoms with E-state index in [4.69, 9.17) is 49.0 Å². The van der Waals surface area contributed by atoms with Crippen molar-refractivity contribution in [1.29, 1.82) is 0 Å². The molecule has 2 aromatic rings. The summed E-state index contributed by atoms with van der Waals surface area (Å²) < 4.78 is 42.3. The first kappa shape index (κ1) is 26.6. The maximum Gasteiger partial charge on any atom is 0.303 e. The Morgan fingerprint density at radius 1 is 1.00 bits per heavy atom. The summed E-state index contributed by atoms with van der Waals surface area (Å²) in [5, 5.41) is 0.244. The van der Waals surface area contributed by atoms with Gasteiger partial charge in [0.15, 0.2) is 5.75 Å². The Balaban J connectivity index is 2.16. The van der Waals surface area contributed by atoms with Crippen molar-refractivity contribution >= 4 is 50.6 Å². The molecule has 0 aliphatic heterocycles. The third-order valence-corrected chi connectivity index (χ3v) is 7.22. The van der Waals surface area contributed by atoms with Crippen molar-refractivity contribution in [3.63, 3.8) is 0 Å². The van der Waals surface area contributed by atoms with Gasteiger partial charge in [-0.1, -0.05) is 43.5 Å². The molecule has 6 nitrogen and oxygen atoms in total. The zero-order valence-corrected chi connectivity index (χ0v) is 21.0. The molecule has 0 bridgehead atoms. The van der Waals surface area contributed by atoms with Gasteiger partial charge in [-0.2, -0.15) is 0 Å². The number of hydrogen-bond donors (Lipinski definition) is 0. The van der Waals surface area contributed by atoms with Gasteiger partial charge in [0.05, 0.1) is 32.3 Å². The summed E-state index contributed by atoms with van der Waals surface area (Å²) in [6.45, 7) is 5.81. The van der Waals surface area contributed by atoms with Crippen molar-refractivity contribution in [2.75, 3.05) is 19.1 Å². The van der Waals surface area contributed by atoms with Crippen molar-refractivity contribution in [3.8, 4) is 11.5 Å². The highest BCUT2D eigenvalue weighted by atomic mass is 35.5. The second-order valence-corrected chi connectivity index (χ2v) is 10.3. The molecule has 0 N–H and O–H groups in total. The molecule has 2 rings (SSSR count). The lowest BCUT2D eigenvalue weighted by molar-refractivity contribution is -0.146. The molecular formula is C22H25Cl3O6S. The van der Waals surface area contributed by atoms with Gasteiger partial charge in [-0.05, 0) is 42.3 Å². The molecule has 0 amide bonds. The molecule has 0 aliphatic carbocycles. The average molecular weight is 524 g/mol. The molecule has 0 radical (unpaired) electrons. The van der Waals surface area contributed by atoms with Crippen LogP contribution in [0.1, 0.15) is 27.2 Å². The van der Waals surface area contributed by atoms with E-state index in [0.29, 0.717) is 18.3 Å². The number of rotatable bonds is 11. The highest BCUT2D eigenvalue weighted by Crippen LogP contribution is 2.37. The minimum Gasteiger partial charge on any atom is -0.490 e. The zero-order valence-electron chi connectivity index (χ0n) is 17.9. The van der Waals surface area contributed by atoms with Crippen LogP contribution in [0.3, 0.4) is 0 Å². The minimum absolute atomic E-state index is 0.0402. The van der Waals surface area contributed by atoms with Crippen molar-refractivity contribution in [3.05, 3.63) is 46.4 Å². The van der Waals surface area contributed by atoms with E-state index in [1.165, 1.54) is 43.3 Å². The van der Waals surface area contributed by atoms with Crippen molar-refractivity contribution in [1.82, 2.24) is 0 Å². The molecule has 0 saturated carbocycles. The monoisotopic (exact) mass is 522 g/mol. The summed E-state index contributed by atoms with van der Waals surface area (Å²) in [6.07, 6.45) is 0.320. The van der Waals surface area contributed by atoms with Gasteiger partial charge in [-0.15, -0.1) is 11.6 Å². The van der Waals surface area contributed by atoms with Crippen LogP contribution in [-0.4, -0.2) is 39.6 Å². The number of halogens is 3. The van der Waals surface area contributed by atoms with Gasteiger partial charge in [0, 0.05) is 6.92 Å². The van der Waals surface area contributed by atoms with Crippen molar-refractivity contribution in [2.45, 2.75) is 43.1 Å². The van der Waals surface area contributed by atoms with Gasteiger partial charge >= 0.3 is 5.97 Å². The Hall–Kier alpha value is -1.67. The van der Waals surface area contributed by atoms with Crippen LogP contribution in [0.15, 0.2) is 46.2 Å². The van der Waals surface area contributed by atoms with E-state index in [1.54, 1.807) is 0 Å². The SMILES string of the molecule is CC[C@@H](C)COc1c(Cl)cc(S(=O)(=O)c2ccc(OC[C@@H](CCl)OC(C)=O)cc2)cc1Cl. The number of sulfone groups is 1. The fraction of sp³-hybridized carbons (Fsp3) is 0.409. The lowest BCUT2D eigenvalue weighted by atomic mass is 10.1. The lowest BCUT2D eigenvalue weighted by Crippen LogP contribution is -2.25. The zero-order chi connectivity index (χ0) is 23.9. The molecule has 2 aromatic carbocycles. The Morgan fingerprint density at radius 3 is 2.09 bits per heavy atom. The Morgan fingerprint density at radius 2 is 1.59 bits per heavy atom. The van der Waals surface area contributed by atoms with E-state index in [9.17, 15) is 13.2 Å². The third kappa shape index (κ3) is 7.17. The summed E-state index contributed by atoms with van der Waals surface area (Å²) in [6, 6.07) is 8.45. The minimum atomic E-state index is -3.88. The predicted molar refractivity (Wildman–Crippen MR) is 125 cm³/mol. The van der Waals surface area contributed by atoms with E-state index in [1.807, 2.05) is 13.8 Å². The molecule has 0 spiro atoms. The van der Waals surface area contributed by atoms with Gasteiger partial charge in [0.1, 0.15) is 18.5 Å². The summed E-state index contributed by atoms with van der Waals surface area (Å²) in [4.78, 5) is 11.0. The van der Waals surface area contributed by atoms with Crippen LogP contribution in [-0.2, 0) is 19.4 Å². The second kappa shape index (κ2) is 12.0. The van der Waals surface area contributed by atoms with E-state index in [2.05, 4.69) is 0 Å². The lowest BCUT2D eigenvalue weighted by Gasteiger charge is -2.16. The molecule has 176 valence electrons. The number of hydrogen-bond acceptors (Lipinski definition) is 6. The molecule has 0 aromatic heterocycles. The molecule has 32 heavy (non-hydrogen) atoms. The quantitative estimate of drug-likeness (QED) is 0.273. The highest BCUT2D eigenvalue weighted by Gasteiger charge is 2.22. The molecular weight excluding hydrogens is 499 g/mol. The number of alkyl halides is 1. The van der Waals surface area contributed by atoms with Gasteiger partial charge in [-0.3, -0.25) is 4.79 Å². The standard InChI is InChI=1S/C22H25Cl3O6S/c1-4-14(2)12-30-22-20(24)9-19(10-21(22)25)32(27,28)18-7-5-16(6-8-18)29-13-17(11-23)31-15(3)26/h5-10,14,17H,4,11-13H2,1-3H3/t14-,17-/m1/s1. The normalized spacial score (nSPS) is 13.3. The fourth-order valence-electron chi connectivity index (χ4n) is 2.56. The van der Waals surface area contributed by atoms with Crippen LogP contribution in [0.4, 0.5) is 0 Å². The van der Waals surface area contributed by atoms with Crippen LogP contribution < -0.4 is 9.47 Å².